The first kappa shape index (κ1) is 17.5. The quantitative estimate of drug-likeness (QED) is 0.755. The third-order valence-corrected chi connectivity index (χ3v) is 3.03. The van der Waals surface area contributed by atoms with E-state index < -0.39 is 5.97 Å². The molecule has 0 aliphatic heterocycles. The summed E-state index contributed by atoms with van der Waals surface area (Å²) in [7, 11) is 0. The van der Waals surface area contributed by atoms with E-state index in [4.69, 9.17) is 9.84 Å². The Morgan fingerprint density at radius 3 is 2.48 bits per heavy atom. The van der Waals surface area contributed by atoms with Gasteiger partial charge in [0.1, 0.15) is 12.4 Å². The third kappa shape index (κ3) is 7.14. The first-order valence-corrected chi connectivity index (χ1v) is 7.30. The molecule has 0 spiro atoms. The van der Waals surface area contributed by atoms with Crippen LogP contribution in [0.25, 0.3) is 0 Å². The second-order valence-electron chi connectivity index (χ2n) is 7.23. The number of hydrogen-bond donors (Lipinski definition) is 2. The number of carboxylic acid groups (broad SMARTS) is 1. The number of ether oxygens (including phenoxy) is 1. The maximum atomic E-state index is 10.9. The van der Waals surface area contributed by atoms with Crippen molar-refractivity contribution in [3.63, 3.8) is 0 Å². The first-order valence-electron chi connectivity index (χ1n) is 7.30. The highest BCUT2D eigenvalue weighted by atomic mass is 16.5. The van der Waals surface area contributed by atoms with Crippen molar-refractivity contribution in [2.45, 2.75) is 46.6 Å². The lowest BCUT2D eigenvalue weighted by Crippen LogP contribution is -2.44. The average molecular weight is 293 g/mol. The van der Waals surface area contributed by atoms with E-state index in [1.54, 1.807) is 24.3 Å². The van der Waals surface area contributed by atoms with Gasteiger partial charge in [-0.1, -0.05) is 26.8 Å². The van der Waals surface area contributed by atoms with E-state index in [2.05, 4.69) is 39.9 Å². The second-order valence-corrected chi connectivity index (χ2v) is 7.23. The summed E-state index contributed by atoms with van der Waals surface area (Å²) in [4.78, 5) is 10.9. The van der Waals surface area contributed by atoms with Gasteiger partial charge < -0.3 is 15.2 Å². The number of rotatable bonds is 7. The van der Waals surface area contributed by atoms with Crippen LogP contribution in [0, 0.1) is 5.41 Å². The predicted molar refractivity (Wildman–Crippen MR) is 85.1 cm³/mol. The summed E-state index contributed by atoms with van der Waals surface area (Å²) in [5, 5.41) is 12.4. The topological polar surface area (TPSA) is 58.6 Å². The largest absolute Gasteiger partial charge is 0.492 e. The highest BCUT2D eigenvalue weighted by Gasteiger charge is 2.24. The number of carbonyl (C=O) groups is 1. The Balaban J connectivity index is 2.40. The maximum Gasteiger partial charge on any atom is 0.335 e. The summed E-state index contributed by atoms with van der Waals surface area (Å²) in [5.41, 5.74) is 0.561. The zero-order valence-electron chi connectivity index (χ0n) is 13.7. The smallest absolute Gasteiger partial charge is 0.335 e. The van der Waals surface area contributed by atoms with Crippen LogP contribution < -0.4 is 10.1 Å². The summed E-state index contributed by atoms with van der Waals surface area (Å²) in [6.07, 6.45) is 1.06. The predicted octanol–water partition coefficient (Wildman–Crippen LogP) is 3.57. The third-order valence-electron chi connectivity index (χ3n) is 3.03. The summed E-state index contributed by atoms with van der Waals surface area (Å²) in [5.74, 6) is -0.352. The molecule has 0 aliphatic carbocycles. The van der Waals surface area contributed by atoms with Crippen LogP contribution in [0.5, 0.6) is 5.75 Å². The summed E-state index contributed by atoms with van der Waals surface area (Å²) in [6, 6.07) is 6.56. The van der Waals surface area contributed by atoms with Gasteiger partial charge >= 0.3 is 5.97 Å². The minimum Gasteiger partial charge on any atom is -0.492 e. The van der Waals surface area contributed by atoms with Gasteiger partial charge in [0.25, 0.3) is 0 Å². The fourth-order valence-corrected chi connectivity index (χ4v) is 2.67. The van der Waals surface area contributed by atoms with Gasteiger partial charge in [0, 0.05) is 12.1 Å². The van der Waals surface area contributed by atoms with E-state index in [1.165, 1.54) is 0 Å². The second kappa shape index (κ2) is 6.94. The highest BCUT2D eigenvalue weighted by Crippen LogP contribution is 2.26. The van der Waals surface area contributed by atoms with E-state index in [-0.39, 0.29) is 16.5 Å². The Bertz CT molecular complexity index is 475. The van der Waals surface area contributed by atoms with Gasteiger partial charge in [-0.2, -0.15) is 0 Å². The fourth-order valence-electron chi connectivity index (χ4n) is 2.67. The lowest BCUT2D eigenvalue weighted by atomic mass is 9.82. The number of nitrogens with one attached hydrogen (secondary N) is 1. The molecule has 0 heterocycles. The van der Waals surface area contributed by atoms with Crippen LogP contribution in [0.4, 0.5) is 0 Å². The van der Waals surface area contributed by atoms with Gasteiger partial charge in [0.2, 0.25) is 0 Å². The molecule has 1 aromatic carbocycles. The number of hydrogen-bond acceptors (Lipinski definition) is 3. The van der Waals surface area contributed by atoms with E-state index in [0.29, 0.717) is 12.4 Å². The van der Waals surface area contributed by atoms with Crippen molar-refractivity contribution in [3.05, 3.63) is 29.8 Å². The molecule has 1 aromatic rings. The Morgan fingerprint density at radius 1 is 1.24 bits per heavy atom. The molecular formula is C17H27NO3. The number of aromatic carboxylic acids is 1. The lowest BCUT2D eigenvalue weighted by Gasteiger charge is -2.33. The zero-order valence-corrected chi connectivity index (χ0v) is 13.7. The molecule has 2 N–H and O–H groups in total. The van der Waals surface area contributed by atoms with Crippen LogP contribution in [0.3, 0.4) is 0 Å². The molecule has 0 fully saturated rings. The SMILES string of the molecule is CC(C)(C)CC(C)(C)NCCOc1cccc(C(=O)O)c1. The first-order chi connectivity index (χ1) is 9.59. The Kier molecular flexibility index (Phi) is 5.78. The number of carboxylic acids is 1. The zero-order chi connectivity index (χ0) is 16.1. The molecule has 4 heteroatoms. The number of benzene rings is 1. The standard InChI is InChI=1S/C17H27NO3/c1-16(2,3)12-17(4,5)18-9-10-21-14-8-6-7-13(11-14)15(19)20/h6-8,11,18H,9-10,12H2,1-5H3,(H,19,20). The molecule has 0 aromatic heterocycles. The van der Waals surface area contributed by atoms with Crippen molar-refractivity contribution in [3.8, 4) is 5.75 Å². The van der Waals surface area contributed by atoms with E-state index in [9.17, 15) is 4.79 Å². The molecule has 4 nitrogen and oxygen atoms in total. The van der Waals surface area contributed by atoms with E-state index >= 15 is 0 Å². The van der Waals surface area contributed by atoms with Crippen LogP contribution in [0.1, 0.15) is 51.4 Å². The van der Waals surface area contributed by atoms with Gasteiger partial charge in [-0.15, -0.1) is 0 Å². The molecular weight excluding hydrogens is 266 g/mol. The maximum absolute atomic E-state index is 10.9. The van der Waals surface area contributed by atoms with Gasteiger partial charge in [0.15, 0.2) is 0 Å². The summed E-state index contributed by atoms with van der Waals surface area (Å²) < 4.78 is 5.60. The van der Waals surface area contributed by atoms with Crippen LogP contribution in [0.2, 0.25) is 0 Å². The lowest BCUT2D eigenvalue weighted by molar-refractivity contribution is 0.0696. The van der Waals surface area contributed by atoms with Gasteiger partial charge in [-0.3, -0.25) is 0 Å². The molecule has 0 amide bonds. The minimum atomic E-state index is -0.940. The van der Waals surface area contributed by atoms with Crippen LogP contribution >= 0.6 is 0 Å². The van der Waals surface area contributed by atoms with Crippen molar-refractivity contribution >= 4 is 5.97 Å². The Hall–Kier alpha value is -1.55. The van der Waals surface area contributed by atoms with Gasteiger partial charge in [0.05, 0.1) is 5.56 Å². The highest BCUT2D eigenvalue weighted by molar-refractivity contribution is 5.87. The van der Waals surface area contributed by atoms with Gasteiger partial charge in [-0.05, 0) is 43.9 Å². The molecule has 1 rings (SSSR count). The fraction of sp³-hybridized carbons (Fsp3) is 0.588. The van der Waals surface area contributed by atoms with Crippen molar-refractivity contribution in [2.75, 3.05) is 13.2 Å². The van der Waals surface area contributed by atoms with Crippen molar-refractivity contribution in [1.82, 2.24) is 5.32 Å². The van der Waals surface area contributed by atoms with Crippen LogP contribution in [-0.2, 0) is 0 Å². The van der Waals surface area contributed by atoms with E-state index in [0.717, 1.165) is 13.0 Å². The summed E-state index contributed by atoms with van der Waals surface area (Å²) >= 11 is 0. The molecule has 0 bridgehead atoms. The molecule has 0 radical (unpaired) electrons. The molecule has 0 atom stereocenters. The van der Waals surface area contributed by atoms with Crippen molar-refractivity contribution in [1.29, 1.82) is 0 Å². The van der Waals surface area contributed by atoms with Crippen molar-refractivity contribution in [2.24, 2.45) is 5.41 Å². The molecule has 21 heavy (non-hydrogen) atoms. The molecule has 0 saturated heterocycles. The van der Waals surface area contributed by atoms with Gasteiger partial charge in [-0.25, -0.2) is 4.79 Å². The molecule has 118 valence electrons. The van der Waals surface area contributed by atoms with Crippen molar-refractivity contribution < 1.29 is 14.6 Å². The monoisotopic (exact) mass is 293 g/mol. The summed E-state index contributed by atoms with van der Waals surface area (Å²) in [6.45, 7) is 12.3. The van der Waals surface area contributed by atoms with Crippen LogP contribution in [0.15, 0.2) is 24.3 Å². The average Bonchev–Trinajstić information content (AvgIpc) is 2.32. The van der Waals surface area contributed by atoms with Crippen LogP contribution in [-0.4, -0.2) is 29.8 Å². The molecule has 0 aliphatic rings. The molecule has 0 saturated carbocycles. The minimum absolute atomic E-state index is 0.0462. The van der Waals surface area contributed by atoms with E-state index in [1.807, 2.05) is 0 Å². The normalized spacial score (nSPS) is 12.2. The molecule has 0 unspecified atom stereocenters. The Morgan fingerprint density at radius 2 is 1.90 bits per heavy atom. The Labute approximate surface area is 127 Å².